The second-order valence-electron chi connectivity index (χ2n) is 5.69. The van der Waals surface area contributed by atoms with E-state index in [-0.39, 0.29) is 0 Å². The lowest BCUT2D eigenvalue weighted by Gasteiger charge is -2.28. The Morgan fingerprint density at radius 1 is 1.58 bits per heavy atom. The van der Waals surface area contributed by atoms with Gasteiger partial charge in [0.05, 0.1) is 6.10 Å². The summed E-state index contributed by atoms with van der Waals surface area (Å²) in [6.45, 7) is 7.76. The second kappa shape index (κ2) is 6.35. The summed E-state index contributed by atoms with van der Waals surface area (Å²) in [6, 6.07) is 2.78. The van der Waals surface area contributed by atoms with Gasteiger partial charge in [0, 0.05) is 43.7 Å². The lowest BCUT2D eigenvalue weighted by molar-refractivity contribution is 0.0824. The summed E-state index contributed by atoms with van der Waals surface area (Å²) in [5.41, 5.74) is 1.54. The molecule has 0 bridgehead atoms. The molecule has 1 aromatic rings. The first-order valence-corrected chi connectivity index (χ1v) is 8.33. The van der Waals surface area contributed by atoms with Crippen LogP contribution >= 0.6 is 11.3 Å². The predicted octanol–water partition coefficient (Wildman–Crippen LogP) is 2.26. The smallest absolute Gasteiger partial charge is 0.0726 e. The van der Waals surface area contributed by atoms with Crippen molar-refractivity contribution in [1.82, 2.24) is 10.2 Å². The minimum Gasteiger partial charge on any atom is -0.377 e. The zero-order valence-corrected chi connectivity index (χ0v) is 12.5. The van der Waals surface area contributed by atoms with E-state index >= 15 is 0 Å². The Hall–Kier alpha value is -0.420. The Morgan fingerprint density at radius 3 is 3.37 bits per heavy atom. The third-order valence-corrected chi connectivity index (χ3v) is 5.33. The van der Waals surface area contributed by atoms with E-state index in [0.717, 1.165) is 26.2 Å². The molecule has 2 atom stereocenters. The molecule has 0 aliphatic carbocycles. The van der Waals surface area contributed by atoms with Gasteiger partial charge in [-0.15, -0.1) is 11.3 Å². The maximum atomic E-state index is 5.72. The van der Waals surface area contributed by atoms with Gasteiger partial charge in [-0.1, -0.05) is 0 Å². The number of nitrogens with zero attached hydrogens (tertiary/aromatic N) is 1. The minimum absolute atomic E-state index is 0.435. The van der Waals surface area contributed by atoms with Crippen LogP contribution in [0.25, 0.3) is 0 Å². The molecule has 2 unspecified atom stereocenters. The third kappa shape index (κ3) is 3.37. The van der Waals surface area contributed by atoms with E-state index in [0.29, 0.717) is 12.1 Å². The fourth-order valence-electron chi connectivity index (χ4n) is 3.08. The molecule has 3 rings (SSSR count). The summed E-state index contributed by atoms with van der Waals surface area (Å²) >= 11 is 1.91. The average Bonchev–Trinajstić information content (AvgIpc) is 3.09. The number of hydrogen-bond acceptors (Lipinski definition) is 4. The van der Waals surface area contributed by atoms with Gasteiger partial charge in [0.15, 0.2) is 0 Å². The highest BCUT2D eigenvalue weighted by Crippen LogP contribution is 2.23. The van der Waals surface area contributed by atoms with Crippen molar-refractivity contribution in [2.75, 3.05) is 26.2 Å². The van der Waals surface area contributed by atoms with Gasteiger partial charge in [-0.3, -0.25) is 4.90 Å². The van der Waals surface area contributed by atoms with Crippen molar-refractivity contribution in [3.8, 4) is 0 Å². The predicted molar refractivity (Wildman–Crippen MR) is 79.7 cm³/mol. The van der Waals surface area contributed by atoms with Crippen LogP contribution in [0.5, 0.6) is 0 Å². The zero-order valence-electron chi connectivity index (χ0n) is 11.7. The van der Waals surface area contributed by atoms with Crippen LogP contribution in [0.3, 0.4) is 0 Å². The summed E-state index contributed by atoms with van der Waals surface area (Å²) < 4.78 is 5.72. The first kappa shape index (κ1) is 13.6. The summed E-state index contributed by atoms with van der Waals surface area (Å²) in [5, 5.41) is 5.85. The van der Waals surface area contributed by atoms with Gasteiger partial charge in [0.1, 0.15) is 0 Å². The number of thiophene rings is 1. The molecule has 19 heavy (non-hydrogen) atoms. The van der Waals surface area contributed by atoms with Crippen molar-refractivity contribution in [2.45, 2.75) is 44.9 Å². The van der Waals surface area contributed by atoms with Gasteiger partial charge in [-0.25, -0.2) is 0 Å². The first-order valence-electron chi connectivity index (χ1n) is 7.45. The Balaban J connectivity index is 1.39. The standard InChI is InChI=1S/C15H24N2OS/c1-12(14-3-2-9-18-14)16-6-8-17-7-4-15-13(11-17)5-10-19-15/h5,10,12,14,16H,2-4,6-9,11H2,1H3. The molecule has 2 aliphatic heterocycles. The molecule has 2 aliphatic rings. The monoisotopic (exact) mass is 280 g/mol. The number of rotatable bonds is 5. The summed E-state index contributed by atoms with van der Waals surface area (Å²) in [7, 11) is 0. The highest BCUT2D eigenvalue weighted by Gasteiger charge is 2.22. The Bertz CT molecular complexity index is 401. The molecule has 106 valence electrons. The van der Waals surface area contributed by atoms with E-state index in [1.54, 1.807) is 10.4 Å². The largest absolute Gasteiger partial charge is 0.377 e. The quantitative estimate of drug-likeness (QED) is 0.895. The Kier molecular flexibility index (Phi) is 4.53. The van der Waals surface area contributed by atoms with Crippen LogP contribution in [0.15, 0.2) is 11.4 Å². The summed E-state index contributed by atoms with van der Waals surface area (Å²) in [4.78, 5) is 4.15. The summed E-state index contributed by atoms with van der Waals surface area (Å²) in [6.07, 6.45) is 4.11. The highest BCUT2D eigenvalue weighted by molar-refractivity contribution is 7.10. The lowest BCUT2D eigenvalue weighted by atomic mass is 10.1. The van der Waals surface area contributed by atoms with Crippen molar-refractivity contribution < 1.29 is 4.74 Å². The number of ether oxygens (including phenoxy) is 1. The van der Waals surface area contributed by atoms with Gasteiger partial charge in [-0.2, -0.15) is 0 Å². The molecule has 0 amide bonds. The Labute approximate surface area is 119 Å². The van der Waals surface area contributed by atoms with E-state index in [1.807, 2.05) is 11.3 Å². The number of fused-ring (bicyclic) bond motifs is 1. The molecule has 1 N–H and O–H groups in total. The number of nitrogens with one attached hydrogen (secondary N) is 1. The molecule has 0 saturated carbocycles. The maximum absolute atomic E-state index is 5.72. The molecular formula is C15H24N2OS. The topological polar surface area (TPSA) is 24.5 Å². The van der Waals surface area contributed by atoms with E-state index in [9.17, 15) is 0 Å². The minimum atomic E-state index is 0.435. The molecule has 4 heteroatoms. The van der Waals surface area contributed by atoms with Gasteiger partial charge in [0.25, 0.3) is 0 Å². The average molecular weight is 280 g/mol. The fraction of sp³-hybridized carbons (Fsp3) is 0.733. The Morgan fingerprint density at radius 2 is 2.53 bits per heavy atom. The molecule has 1 fully saturated rings. The van der Waals surface area contributed by atoms with Crippen molar-refractivity contribution in [1.29, 1.82) is 0 Å². The van der Waals surface area contributed by atoms with Crippen molar-refractivity contribution >= 4 is 11.3 Å². The van der Waals surface area contributed by atoms with Gasteiger partial charge in [0.2, 0.25) is 0 Å². The first-order chi connectivity index (χ1) is 9.33. The van der Waals surface area contributed by atoms with E-state index in [2.05, 4.69) is 28.6 Å². The van der Waals surface area contributed by atoms with E-state index < -0.39 is 0 Å². The van der Waals surface area contributed by atoms with Crippen LogP contribution in [-0.2, 0) is 17.7 Å². The second-order valence-corrected chi connectivity index (χ2v) is 6.69. The van der Waals surface area contributed by atoms with E-state index in [4.69, 9.17) is 4.74 Å². The van der Waals surface area contributed by atoms with Crippen LogP contribution in [0, 0.1) is 0 Å². The SMILES string of the molecule is CC(NCCN1CCc2sccc2C1)C1CCCO1. The normalized spacial score (nSPS) is 25.4. The zero-order chi connectivity index (χ0) is 13.1. The maximum Gasteiger partial charge on any atom is 0.0726 e. The molecule has 0 spiro atoms. The van der Waals surface area contributed by atoms with Crippen molar-refractivity contribution in [3.63, 3.8) is 0 Å². The number of hydrogen-bond donors (Lipinski definition) is 1. The molecule has 1 aromatic heterocycles. The molecule has 1 saturated heterocycles. The van der Waals surface area contributed by atoms with Crippen LogP contribution < -0.4 is 5.32 Å². The van der Waals surface area contributed by atoms with Crippen LogP contribution in [-0.4, -0.2) is 43.3 Å². The highest BCUT2D eigenvalue weighted by atomic mass is 32.1. The van der Waals surface area contributed by atoms with Gasteiger partial charge in [-0.05, 0) is 43.2 Å². The third-order valence-electron chi connectivity index (χ3n) is 4.30. The van der Waals surface area contributed by atoms with Crippen LogP contribution in [0.4, 0.5) is 0 Å². The van der Waals surface area contributed by atoms with Crippen LogP contribution in [0.1, 0.15) is 30.2 Å². The van der Waals surface area contributed by atoms with Gasteiger partial charge < -0.3 is 10.1 Å². The van der Waals surface area contributed by atoms with E-state index in [1.165, 1.54) is 25.8 Å². The molecule has 0 aromatic carbocycles. The molecule has 3 nitrogen and oxygen atoms in total. The summed E-state index contributed by atoms with van der Waals surface area (Å²) in [5.74, 6) is 0. The molecule has 0 radical (unpaired) electrons. The van der Waals surface area contributed by atoms with Gasteiger partial charge >= 0.3 is 0 Å². The van der Waals surface area contributed by atoms with Crippen LogP contribution in [0.2, 0.25) is 0 Å². The molecular weight excluding hydrogens is 256 g/mol. The van der Waals surface area contributed by atoms with Crippen molar-refractivity contribution in [2.24, 2.45) is 0 Å². The van der Waals surface area contributed by atoms with Crippen molar-refractivity contribution in [3.05, 3.63) is 21.9 Å². The lowest BCUT2D eigenvalue weighted by Crippen LogP contribution is -2.42. The molecule has 3 heterocycles. The fourth-order valence-corrected chi connectivity index (χ4v) is 3.97.